The van der Waals surface area contributed by atoms with E-state index in [1.54, 1.807) is 12.1 Å². The molecule has 0 amide bonds. The molecule has 5 nitrogen and oxygen atoms in total. The molecular weight excluding hydrogens is 288 g/mol. The van der Waals surface area contributed by atoms with E-state index >= 15 is 0 Å². The van der Waals surface area contributed by atoms with Crippen molar-refractivity contribution in [2.24, 2.45) is 0 Å². The van der Waals surface area contributed by atoms with Crippen LogP contribution in [0, 0.1) is 6.92 Å². The number of methoxy groups -OCH3 is 1. The largest absolute Gasteiger partial charge is 0.465 e. The van der Waals surface area contributed by atoms with Crippen LogP contribution in [-0.4, -0.2) is 37.4 Å². The van der Waals surface area contributed by atoms with Gasteiger partial charge in [-0.25, -0.2) is 4.79 Å². The lowest BCUT2D eigenvalue weighted by Crippen LogP contribution is -2.35. The third-order valence-electron chi connectivity index (χ3n) is 3.50. The number of carbonyl (C=O) groups excluding carboxylic acids is 1. The van der Waals surface area contributed by atoms with E-state index in [0.717, 1.165) is 30.7 Å². The van der Waals surface area contributed by atoms with Gasteiger partial charge in [-0.3, -0.25) is 0 Å². The van der Waals surface area contributed by atoms with Crippen molar-refractivity contribution in [2.75, 3.05) is 25.6 Å². The SMILES string of the molecule is COC(=O)c1cccc(NC(=S)NC[C@@H]2CCCO2)c1C. The highest BCUT2D eigenvalue weighted by Gasteiger charge is 2.16. The topological polar surface area (TPSA) is 59.6 Å². The first kappa shape index (κ1) is 15.7. The first-order chi connectivity index (χ1) is 10.1. The second kappa shape index (κ2) is 7.38. The minimum Gasteiger partial charge on any atom is -0.465 e. The monoisotopic (exact) mass is 308 g/mol. The second-order valence-corrected chi connectivity index (χ2v) is 5.35. The van der Waals surface area contributed by atoms with E-state index in [1.807, 2.05) is 13.0 Å². The number of benzene rings is 1. The Morgan fingerprint density at radius 1 is 1.52 bits per heavy atom. The molecular formula is C15H20N2O3S. The van der Waals surface area contributed by atoms with Gasteiger partial charge in [-0.2, -0.15) is 0 Å². The van der Waals surface area contributed by atoms with Gasteiger partial charge < -0.3 is 20.1 Å². The normalized spacial score (nSPS) is 17.3. The maximum absolute atomic E-state index is 11.7. The summed E-state index contributed by atoms with van der Waals surface area (Å²) in [6.45, 7) is 3.38. The van der Waals surface area contributed by atoms with Crippen LogP contribution in [0.4, 0.5) is 5.69 Å². The molecule has 1 heterocycles. The summed E-state index contributed by atoms with van der Waals surface area (Å²) in [7, 11) is 1.37. The van der Waals surface area contributed by atoms with E-state index in [4.69, 9.17) is 21.7 Å². The summed E-state index contributed by atoms with van der Waals surface area (Å²) in [5.74, 6) is -0.352. The standard InChI is InChI=1S/C15H20N2O3S/c1-10-12(14(18)19-2)6-3-7-13(10)17-15(21)16-9-11-5-4-8-20-11/h3,6-7,11H,4-5,8-9H2,1-2H3,(H2,16,17,21)/t11-/m0/s1. The van der Waals surface area contributed by atoms with E-state index in [0.29, 0.717) is 17.2 Å². The molecule has 0 saturated carbocycles. The van der Waals surface area contributed by atoms with E-state index in [1.165, 1.54) is 7.11 Å². The zero-order chi connectivity index (χ0) is 15.2. The molecule has 0 spiro atoms. The zero-order valence-electron chi connectivity index (χ0n) is 12.3. The Morgan fingerprint density at radius 3 is 3.00 bits per heavy atom. The summed E-state index contributed by atoms with van der Waals surface area (Å²) in [5, 5.41) is 6.78. The fourth-order valence-electron chi connectivity index (χ4n) is 2.28. The lowest BCUT2D eigenvalue weighted by molar-refractivity contribution is 0.0600. The molecule has 1 atom stereocenters. The maximum atomic E-state index is 11.7. The number of carbonyl (C=O) groups is 1. The van der Waals surface area contributed by atoms with Crippen molar-refractivity contribution < 1.29 is 14.3 Å². The van der Waals surface area contributed by atoms with Gasteiger partial charge in [0.25, 0.3) is 0 Å². The number of esters is 1. The van der Waals surface area contributed by atoms with Crippen LogP contribution in [0.1, 0.15) is 28.8 Å². The van der Waals surface area contributed by atoms with Crippen LogP contribution in [-0.2, 0) is 9.47 Å². The van der Waals surface area contributed by atoms with Gasteiger partial charge in [0.05, 0.1) is 18.8 Å². The van der Waals surface area contributed by atoms with Crippen LogP contribution in [0.5, 0.6) is 0 Å². The van der Waals surface area contributed by atoms with Gasteiger partial charge in [-0.15, -0.1) is 0 Å². The molecule has 1 aliphatic rings. The molecule has 0 aliphatic carbocycles. The first-order valence-electron chi connectivity index (χ1n) is 6.96. The summed E-state index contributed by atoms with van der Waals surface area (Å²) < 4.78 is 10.3. The van der Waals surface area contributed by atoms with E-state index in [2.05, 4.69) is 10.6 Å². The number of hydrogen-bond acceptors (Lipinski definition) is 4. The van der Waals surface area contributed by atoms with Crippen molar-refractivity contribution in [2.45, 2.75) is 25.9 Å². The van der Waals surface area contributed by atoms with Crippen LogP contribution in [0.2, 0.25) is 0 Å². The van der Waals surface area contributed by atoms with Gasteiger partial charge in [0.2, 0.25) is 0 Å². The molecule has 0 bridgehead atoms. The highest BCUT2D eigenvalue weighted by Crippen LogP contribution is 2.19. The fraction of sp³-hybridized carbons (Fsp3) is 0.467. The molecule has 2 rings (SSSR count). The molecule has 1 aliphatic heterocycles. The highest BCUT2D eigenvalue weighted by molar-refractivity contribution is 7.80. The molecule has 1 fully saturated rings. The molecule has 0 radical (unpaired) electrons. The number of nitrogens with one attached hydrogen (secondary N) is 2. The quantitative estimate of drug-likeness (QED) is 0.657. The average molecular weight is 308 g/mol. The van der Waals surface area contributed by atoms with Gasteiger partial charge in [-0.05, 0) is 49.7 Å². The predicted octanol–water partition coefficient (Wildman–Crippen LogP) is 2.25. The van der Waals surface area contributed by atoms with Gasteiger partial charge >= 0.3 is 5.97 Å². The zero-order valence-corrected chi connectivity index (χ0v) is 13.1. The first-order valence-corrected chi connectivity index (χ1v) is 7.37. The molecule has 1 aromatic carbocycles. The van der Waals surface area contributed by atoms with Crippen LogP contribution in [0.25, 0.3) is 0 Å². The Labute approximate surface area is 130 Å². The van der Waals surface area contributed by atoms with Crippen LogP contribution < -0.4 is 10.6 Å². The fourth-order valence-corrected chi connectivity index (χ4v) is 2.47. The van der Waals surface area contributed by atoms with Crippen LogP contribution in [0.3, 0.4) is 0 Å². The van der Waals surface area contributed by atoms with Crippen molar-refractivity contribution in [1.82, 2.24) is 5.32 Å². The maximum Gasteiger partial charge on any atom is 0.338 e. The van der Waals surface area contributed by atoms with Gasteiger partial charge in [0.15, 0.2) is 5.11 Å². The number of hydrogen-bond donors (Lipinski definition) is 2. The molecule has 2 N–H and O–H groups in total. The summed E-state index contributed by atoms with van der Waals surface area (Å²) in [6, 6.07) is 5.40. The molecule has 6 heteroatoms. The molecule has 0 unspecified atom stereocenters. The Bertz CT molecular complexity index is 528. The smallest absolute Gasteiger partial charge is 0.338 e. The van der Waals surface area contributed by atoms with E-state index < -0.39 is 0 Å². The molecule has 21 heavy (non-hydrogen) atoms. The van der Waals surface area contributed by atoms with Gasteiger partial charge in [-0.1, -0.05) is 6.07 Å². The van der Waals surface area contributed by atoms with Crippen molar-refractivity contribution in [3.8, 4) is 0 Å². The highest BCUT2D eigenvalue weighted by atomic mass is 32.1. The Hall–Kier alpha value is -1.66. The third kappa shape index (κ3) is 4.15. The van der Waals surface area contributed by atoms with Crippen molar-refractivity contribution >= 4 is 29.0 Å². The Kier molecular flexibility index (Phi) is 5.52. The Morgan fingerprint density at radius 2 is 2.33 bits per heavy atom. The minimum absolute atomic E-state index is 0.229. The molecule has 114 valence electrons. The van der Waals surface area contributed by atoms with E-state index in [-0.39, 0.29) is 12.1 Å². The summed E-state index contributed by atoms with van der Waals surface area (Å²) >= 11 is 5.27. The number of thiocarbonyl (C=S) groups is 1. The lowest BCUT2D eigenvalue weighted by atomic mass is 10.1. The second-order valence-electron chi connectivity index (χ2n) is 4.94. The van der Waals surface area contributed by atoms with Gasteiger partial charge in [0, 0.05) is 18.8 Å². The third-order valence-corrected chi connectivity index (χ3v) is 3.75. The van der Waals surface area contributed by atoms with Crippen molar-refractivity contribution in [3.05, 3.63) is 29.3 Å². The van der Waals surface area contributed by atoms with Crippen molar-refractivity contribution in [3.63, 3.8) is 0 Å². The molecule has 1 saturated heterocycles. The summed E-state index contributed by atoms with van der Waals surface area (Å²) in [4.78, 5) is 11.7. The van der Waals surface area contributed by atoms with Crippen molar-refractivity contribution in [1.29, 1.82) is 0 Å². The number of rotatable bonds is 4. The number of anilines is 1. The minimum atomic E-state index is -0.352. The van der Waals surface area contributed by atoms with Gasteiger partial charge in [0.1, 0.15) is 0 Å². The molecule has 0 aromatic heterocycles. The van der Waals surface area contributed by atoms with Crippen LogP contribution >= 0.6 is 12.2 Å². The average Bonchev–Trinajstić information content (AvgIpc) is 3.00. The van der Waals surface area contributed by atoms with E-state index in [9.17, 15) is 4.79 Å². The predicted molar refractivity (Wildman–Crippen MR) is 85.7 cm³/mol. The summed E-state index contributed by atoms with van der Waals surface area (Å²) in [5.41, 5.74) is 2.14. The lowest BCUT2D eigenvalue weighted by Gasteiger charge is -2.16. The number of ether oxygens (including phenoxy) is 2. The molecule has 1 aromatic rings. The summed E-state index contributed by atoms with van der Waals surface area (Å²) in [6.07, 6.45) is 2.39. The Balaban J connectivity index is 1.95. The van der Waals surface area contributed by atoms with Crippen LogP contribution in [0.15, 0.2) is 18.2 Å².